The molecule has 1 aliphatic carbocycles. The zero-order valence-corrected chi connectivity index (χ0v) is 9.95. The Bertz CT molecular complexity index is 512. The summed E-state index contributed by atoms with van der Waals surface area (Å²) in [4.78, 5) is 23.7. The maximum atomic E-state index is 11.9. The van der Waals surface area contributed by atoms with Crippen LogP contribution in [0.15, 0.2) is 29.8 Å². The molecule has 0 spiro atoms. The minimum atomic E-state index is -0.343. The molecule has 1 aromatic carbocycles. The van der Waals surface area contributed by atoms with E-state index in [-0.39, 0.29) is 11.8 Å². The van der Waals surface area contributed by atoms with E-state index in [1.807, 2.05) is 6.07 Å². The van der Waals surface area contributed by atoms with Gasteiger partial charge in [0.2, 0.25) is 0 Å². The number of hydrogen-bond donors (Lipinski definition) is 0. The third-order valence-corrected chi connectivity index (χ3v) is 2.83. The van der Waals surface area contributed by atoms with Crippen LogP contribution in [0.1, 0.15) is 36.2 Å². The second kappa shape index (κ2) is 4.53. The van der Waals surface area contributed by atoms with Gasteiger partial charge in [-0.3, -0.25) is 4.79 Å². The maximum absolute atomic E-state index is 11.9. The number of hydrogen-bond acceptors (Lipinski definition) is 3. The Hall–Kier alpha value is -1.90. The molecule has 0 N–H and O–H groups in total. The van der Waals surface area contributed by atoms with Crippen molar-refractivity contribution < 1.29 is 14.3 Å². The number of benzene rings is 1. The van der Waals surface area contributed by atoms with Crippen LogP contribution in [0, 0.1) is 0 Å². The van der Waals surface area contributed by atoms with E-state index >= 15 is 0 Å². The van der Waals surface area contributed by atoms with Gasteiger partial charge in [-0.15, -0.1) is 0 Å². The summed E-state index contributed by atoms with van der Waals surface area (Å²) in [6, 6.07) is 7.18. The molecule has 0 heterocycles. The second-order valence-electron chi connectivity index (χ2n) is 4.02. The summed E-state index contributed by atoms with van der Waals surface area (Å²) < 4.78 is 5.04. The molecule has 0 bridgehead atoms. The van der Waals surface area contributed by atoms with Crippen LogP contribution in [0.5, 0.6) is 0 Å². The molecule has 1 aliphatic rings. The standard InChI is InChI=1S/C14H14O3/c1-3-17-14(16)13-9(2)8-12(15)10-6-4-5-7-11(10)13/h4-7H,3,8H2,1-2H3. The summed E-state index contributed by atoms with van der Waals surface area (Å²) >= 11 is 0. The molecule has 0 saturated carbocycles. The number of esters is 1. The average molecular weight is 230 g/mol. The summed E-state index contributed by atoms with van der Waals surface area (Å²) in [7, 11) is 0. The molecule has 0 aromatic heterocycles. The number of allylic oxidation sites excluding steroid dienone is 1. The second-order valence-corrected chi connectivity index (χ2v) is 4.02. The lowest BCUT2D eigenvalue weighted by molar-refractivity contribution is -0.136. The van der Waals surface area contributed by atoms with Gasteiger partial charge in [0.1, 0.15) is 0 Å². The van der Waals surface area contributed by atoms with Crippen molar-refractivity contribution in [1.29, 1.82) is 0 Å². The van der Waals surface area contributed by atoms with Crippen molar-refractivity contribution in [2.24, 2.45) is 0 Å². The molecule has 0 radical (unpaired) electrons. The molecule has 17 heavy (non-hydrogen) atoms. The van der Waals surface area contributed by atoms with E-state index in [0.29, 0.717) is 29.7 Å². The van der Waals surface area contributed by atoms with E-state index in [1.165, 1.54) is 0 Å². The SMILES string of the molecule is CCOC(=O)C1=C(C)CC(=O)c2ccccc21. The van der Waals surface area contributed by atoms with E-state index in [9.17, 15) is 9.59 Å². The number of ether oxygens (including phenoxy) is 1. The Morgan fingerprint density at radius 2 is 1.94 bits per heavy atom. The number of Topliss-reactive ketones (excluding diaryl/α,β-unsaturated/α-hetero) is 1. The largest absolute Gasteiger partial charge is 0.462 e. The van der Waals surface area contributed by atoms with Gasteiger partial charge in [-0.25, -0.2) is 4.79 Å². The van der Waals surface area contributed by atoms with Gasteiger partial charge >= 0.3 is 5.97 Å². The lowest BCUT2D eigenvalue weighted by atomic mass is 9.85. The first-order chi connectivity index (χ1) is 8.15. The van der Waals surface area contributed by atoms with Crippen molar-refractivity contribution in [2.45, 2.75) is 20.3 Å². The molecule has 0 amide bonds. The van der Waals surface area contributed by atoms with Crippen molar-refractivity contribution in [3.05, 3.63) is 41.0 Å². The smallest absolute Gasteiger partial charge is 0.338 e. The highest BCUT2D eigenvalue weighted by molar-refractivity contribution is 6.23. The van der Waals surface area contributed by atoms with Crippen LogP contribution in [0.2, 0.25) is 0 Å². The predicted octanol–water partition coefficient (Wildman–Crippen LogP) is 2.61. The van der Waals surface area contributed by atoms with Gasteiger partial charge in [-0.1, -0.05) is 29.8 Å². The fourth-order valence-electron chi connectivity index (χ4n) is 2.09. The van der Waals surface area contributed by atoms with Crippen LogP contribution < -0.4 is 0 Å². The van der Waals surface area contributed by atoms with Crippen molar-refractivity contribution in [3.8, 4) is 0 Å². The molecule has 0 unspecified atom stereocenters. The highest BCUT2D eigenvalue weighted by Crippen LogP contribution is 2.31. The predicted molar refractivity (Wildman–Crippen MR) is 64.6 cm³/mol. The van der Waals surface area contributed by atoms with Crippen molar-refractivity contribution in [2.75, 3.05) is 6.61 Å². The molecule has 0 atom stereocenters. The molecule has 3 heteroatoms. The van der Waals surface area contributed by atoms with E-state index in [2.05, 4.69) is 0 Å². The van der Waals surface area contributed by atoms with E-state index in [0.717, 1.165) is 5.57 Å². The molecular weight excluding hydrogens is 216 g/mol. The van der Waals surface area contributed by atoms with Crippen LogP contribution >= 0.6 is 0 Å². The third-order valence-electron chi connectivity index (χ3n) is 2.83. The Morgan fingerprint density at radius 3 is 2.59 bits per heavy atom. The van der Waals surface area contributed by atoms with Gasteiger partial charge < -0.3 is 4.74 Å². The Morgan fingerprint density at radius 1 is 1.29 bits per heavy atom. The summed E-state index contributed by atoms with van der Waals surface area (Å²) in [5, 5.41) is 0. The molecular formula is C14H14O3. The molecule has 3 nitrogen and oxygen atoms in total. The number of ketones is 1. The molecule has 0 saturated heterocycles. The summed E-state index contributed by atoms with van der Waals surface area (Å²) in [5.74, 6) is -0.281. The lowest BCUT2D eigenvalue weighted by Crippen LogP contribution is -2.17. The first-order valence-electron chi connectivity index (χ1n) is 5.64. The fourth-order valence-corrected chi connectivity index (χ4v) is 2.09. The average Bonchev–Trinajstić information content (AvgIpc) is 2.29. The molecule has 0 fully saturated rings. The van der Waals surface area contributed by atoms with Crippen molar-refractivity contribution in [1.82, 2.24) is 0 Å². The topological polar surface area (TPSA) is 43.4 Å². The first kappa shape index (κ1) is 11.6. The van der Waals surface area contributed by atoms with E-state index in [4.69, 9.17) is 4.74 Å². The minimum Gasteiger partial charge on any atom is -0.462 e. The minimum absolute atomic E-state index is 0.0612. The Kier molecular flexibility index (Phi) is 3.09. The molecule has 2 rings (SSSR count). The highest BCUT2D eigenvalue weighted by atomic mass is 16.5. The van der Waals surface area contributed by atoms with Gasteiger partial charge in [-0.05, 0) is 19.4 Å². The highest BCUT2D eigenvalue weighted by Gasteiger charge is 2.27. The Labute approximate surface area is 100 Å². The summed E-state index contributed by atoms with van der Waals surface area (Å²) in [5.41, 5.74) is 2.63. The number of carbonyl (C=O) groups is 2. The summed E-state index contributed by atoms with van der Waals surface area (Å²) in [6.45, 7) is 3.92. The quantitative estimate of drug-likeness (QED) is 0.733. The fraction of sp³-hybridized carbons (Fsp3) is 0.286. The maximum Gasteiger partial charge on any atom is 0.338 e. The summed E-state index contributed by atoms with van der Waals surface area (Å²) in [6.07, 6.45) is 0.297. The van der Waals surface area contributed by atoms with Gasteiger partial charge in [-0.2, -0.15) is 0 Å². The van der Waals surface area contributed by atoms with Crippen molar-refractivity contribution in [3.63, 3.8) is 0 Å². The first-order valence-corrected chi connectivity index (χ1v) is 5.64. The lowest BCUT2D eigenvalue weighted by Gasteiger charge is -2.19. The normalized spacial score (nSPS) is 14.6. The zero-order valence-electron chi connectivity index (χ0n) is 9.95. The number of rotatable bonds is 2. The number of carbonyl (C=O) groups excluding carboxylic acids is 2. The zero-order chi connectivity index (χ0) is 12.4. The third kappa shape index (κ3) is 2.00. The van der Waals surface area contributed by atoms with E-state index in [1.54, 1.807) is 32.0 Å². The van der Waals surface area contributed by atoms with Crippen LogP contribution in [0.3, 0.4) is 0 Å². The van der Waals surface area contributed by atoms with Crippen LogP contribution in [0.4, 0.5) is 0 Å². The molecule has 88 valence electrons. The van der Waals surface area contributed by atoms with Gasteiger partial charge in [0, 0.05) is 12.0 Å². The van der Waals surface area contributed by atoms with Crippen LogP contribution in [-0.4, -0.2) is 18.4 Å². The van der Waals surface area contributed by atoms with Crippen molar-refractivity contribution >= 4 is 17.3 Å². The van der Waals surface area contributed by atoms with Crippen LogP contribution in [-0.2, 0) is 9.53 Å². The molecule has 1 aromatic rings. The number of fused-ring (bicyclic) bond motifs is 1. The van der Waals surface area contributed by atoms with Gasteiger partial charge in [0.25, 0.3) is 0 Å². The van der Waals surface area contributed by atoms with Gasteiger partial charge in [0.05, 0.1) is 12.2 Å². The van der Waals surface area contributed by atoms with E-state index < -0.39 is 0 Å². The van der Waals surface area contributed by atoms with Gasteiger partial charge in [0.15, 0.2) is 5.78 Å². The monoisotopic (exact) mass is 230 g/mol. The molecule has 0 aliphatic heterocycles. The van der Waals surface area contributed by atoms with Crippen LogP contribution in [0.25, 0.3) is 5.57 Å². The Balaban J connectivity index is 2.54.